The maximum atomic E-state index is 12.9. The van der Waals surface area contributed by atoms with E-state index in [1.54, 1.807) is 11.0 Å². The molecule has 1 amide bonds. The lowest BCUT2D eigenvalue weighted by molar-refractivity contribution is -0.104. The van der Waals surface area contributed by atoms with E-state index in [-0.39, 0.29) is 5.91 Å². The smallest absolute Gasteiger partial charge is 0.258 e. The molecule has 2 aromatic carbocycles. The number of aldehydes is 1. The molecule has 0 radical (unpaired) electrons. The monoisotopic (exact) mass is 307 g/mol. The van der Waals surface area contributed by atoms with Gasteiger partial charge in [0.05, 0.1) is 0 Å². The molecule has 0 saturated carbocycles. The Morgan fingerprint density at radius 1 is 1.04 bits per heavy atom. The number of para-hydroxylation sites is 1. The second-order valence-corrected chi connectivity index (χ2v) is 5.44. The van der Waals surface area contributed by atoms with Crippen LogP contribution >= 0.6 is 0 Å². The molecule has 2 rings (SSSR count). The quantitative estimate of drug-likeness (QED) is 0.595. The van der Waals surface area contributed by atoms with E-state index in [1.165, 1.54) is 11.6 Å². The van der Waals surface area contributed by atoms with Crippen molar-refractivity contribution in [2.75, 3.05) is 11.4 Å². The van der Waals surface area contributed by atoms with E-state index < -0.39 is 0 Å². The number of amides is 1. The molecule has 0 heterocycles. The van der Waals surface area contributed by atoms with Gasteiger partial charge < -0.3 is 4.90 Å². The first-order valence-electron chi connectivity index (χ1n) is 7.68. The molecule has 118 valence electrons. The van der Waals surface area contributed by atoms with Crippen molar-refractivity contribution in [2.24, 2.45) is 0 Å². The van der Waals surface area contributed by atoms with E-state index in [1.807, 2.05) is 62.4 Å². The number of benzene rings is 2. The zero-order valence-electron chi connectivity index (χ0n) is 13.5. The Bertz CT molecular complexity index is 705. The van der Waals surface area contributed by atoms with Crippen LogP contribution < -0.4 is 4.90 Å². The molecule has 23 heavy (non-hydrogen) atoms. The van der Waals surface area contributed by atoms with Crippen LogP contribution in [0.15, 0.2) is 60.7 Å². The van der Waals surface area contributed by atoms with Crippen LogP contribution in [-0.2, 0) is 4.79 Å². The normalized spacial score (nSPS) is 10.7. The first-order chi connectivity index (χ1) is 11.1. The van der Waals surface area contributed by atoms with Gasteiger partial charge in [0.1, 0.15) is 6.29 Å². The Kier molecular flexibility index (Phi) is 5.87. The van der Waals surface area contributed by atoms with Crippen LogP contribution in [-0.4, -0.2) is 18.7 Å². The van der Waals surface area contributed by atoms with Gasteiger partial charge in [-0.05, 0) is 61.7 Å². The molecule has 0 aliphatic carbocycles. The average molecular weight is 307 g/mol. The number of rotatable bonds is 6. The number of nitrogens with zero attached hydrogens (tertiary/aromatic N) is 1. The van der Waals surface area contributed by atoms with Crippen molar-refractivity contribution in [3.05, 3.63) is 77.4 Å². The fraction of sp³-hybridized carbons (Fsp3) is 0.200. The van der Waals surface area contributed by atoms with Crippen LogP contribution in [0.2, 0.25) is 0 Å². The molecule has 0 saturated heterocycles. The Balaban J connectivity index is 2.28. The van der Waals surface area contributed by atoms with E-state index >= 15 is 0 Å². The van der Waals surface area contributed by atoms with Gasteiger partial charge in [0.25, 0.3) is 5.91 Å². The number of anilines is 1. The number of carbonyl (C=O) groups is 2. The summed E-state index contributed by atoms with van der Waals surface area (Å²) in [7, 11) is 0. The van der Waals surface area contributed by atoms with Gasteiger partial charge in [-0.1, -0.05) is 30.3 Å². The minimum atomic E-state index is -0.0289. The van der Waals surface area contributed by atoms with Crippen molar-refractivity contribution < 1.29 is 9.59 Å². The van der Waals surface area contributed by atoms with Crippen LogP contribution in [0.25, 0.3) is 0 Å². The number of aryl methyl sites for hydroxylation is 2. The molecular formula is C20H21NO2. The first kappa shape index (κ1) is 16.7. The maximum Gasteiger partial charge on any atom is 0.258 e. The molecule has 0 fully saturated rings. The molecular weight excluding hydrogens is 286 g/mol. The van der Waals surface area contributed by atoms with Gasteiger partial charge in [-0.15, -0.1) is 0 Å². The van der Waals surface area contributed by atoms with Gasteiger partial charge in [0.15, 0.2) is 0 Å². The second kappa shape index (κ2) is 8.08. The predicted octanol–water partition coefficient (Wildman–Crippen LogP) is 4.10. The number of allylic oxidation sites excluding steroid dienone is 1. The van der Waals surface area contributed by atoms with E-state index in [9.17, 15) is 9.59 Å². The molecule has 0 aromatic heterocycles. The maximum absolute atomic E-state index is 12.9. The Labute approximate surface area is 137 Å². The summed E-state index contributed by atoms with van der Waals surface area (Å²) in [5, 5.41) is 0. The van der Waals surface area contributed by atoms with Gasteiger partial charge in [0, 0.05) is 17.8 Å². The molecule has 0 N–H and O–H groups in total. The summed E-state index contributed by atoms with van der Waals surface area (Å²) >= 11 is 0. The standard InChI is InChI=1S/C20H21NO2/c1-16-11-12-18(15-17(16)2)20(23)21(13-7-4-8-14-22)19-9-5-3-6-10-19/h3-6,8-12,14-15H,7,13H2,1-2H3/b8-4+. The summed E-state index contributed by atoms with van der Waals surface area (Å²) in [6, 6.07) is 15.3. The zero-order chi connectivity index (χ0) is 16.7. The highest BCUT2D eigenvalue weighted by Gasteiger charge is 2.17. The zero-order valence-corrected chi connectivity index (χ0v) is 13.5. The van der Waals surface area contributed by atoms with Crippen molar-refractivity contribution in [2.45, 2.75) is 20.3 Å². The third-order valence-electron chi connectivity index (χ3n) is 3.80. The van der Waals surface area contributed by atoms with Crippen LogP contribution in [0, 0.1) is 13.8 Å². The highest BCUT2D eigenvalue weighted by Crippen LogP contribution is 2.19. The molecule has 3 heteroatoms. The van der Waals surface area contributed by atoms with Crippen LogP contribution in [0.3, 0.4) is 0 Å². The van der Waals surface area contributed by atoms with Crippen LogP contribution in [0.1, 0.15) is 27.9 Å². The fourth-order valence-corrected chi connectivity index (χ4v) is 2.34. The molecule has 0 aliphatic rings. The topological polar surface area (TPSA) is 37.4 Å². The van der Waals surface area contributed by atoms with Gasteiger partial charge in [-0.3, -0.25) is 9.59 Å². The Hall–Kier alpha value is -2.68. The van der Waals surface area contributed by atoms with Crippen molar-refractivity contribution in [3.63, 3.8) is 0 Å². The Morgan fingerprint density at radius 2 is 1.78 bits per heavy atom. The van der Waals surface area contributed by atoms with Crippen molar-refractivity contribution in [1.29, 1.82) is 0 Å². The molecule has 0 bridgehead atoms. The molecule has 3 nitrogen and oxygen atoms in total. The summed E-state index contributed by atoms with van der Waals surface area (Å²) < 4.78 is 0. The highest BCUT2D eigenvalue weighted by molar-refractivity contribution is 6.06. The first-order valence-corrected chi connectivity index (χ1v) is 7.68. The van der Waals surface area contributed by atoms with E-state index in [2.05, 4.69) is 0 Å². The van der Waals surface area contributed by atoms with Gasteiger partial charge >= 0.3 is 0 Å². The minimum Gasteiger partial charge on any atom is -0.308 e. The lowest BCUT2D eigenvalue weighted by Gasteiger charge is -2.23. The summed E-state index contributed by atoms with van der Waals surface area (Å²) in [5.41, 5.74) is 3.80. The molecule has 0 unspecified atom stereocenters. The largest absolute Gasteiger partial charge is 0.308 e. The number of hydrogen-bond acceptors (Lipinski definition) is 2. The highest BCUT2D eigenvalue weighted by atomic mass is 16.2. The lowest BCUT2D eigenvalue weighted by atomic mass is 10.1. The fourth-order valence-electron chi connectivity index (χ4n) is 2.34. The van der Waals surface area contributed by atoms with Gasteiger partial charge in [-0.2, -0.15) is 0 Å². The second-order valence-electron chi connectivity index (χ2n) is 5.44. The van der Waals surface area contributed by atoms with E-state index in [0.29, 0.717) is 18.5 Å². The summed E-state index contributed by atoms with van der Waals surface area (Å²) in [6.45, 7) is 4.56. The van der Waals surface area contributed by atoms with Crippen molar-refractivity contribution in [3.8, 4) is 0 Å². The van der Waals surface area contributed by atoms with Gasteiger partial charge in [-0.25, -0.2) is 0 Å². The minimum absolute atomic E-state index is 0.0289. The Morgan fingerprint density at radius 3 is 2.43 bits per heavy atom. The molecule has 0 spiro atoms. The molecule has 0 aliphatic heterocycles. The third kappa shape index (κ3) is 4.39. The average Bonchev–Trinajstić information content (AvgIpc) is 2.58. The predicted molar refractivity (Wildman–Crippen MR) is 93.9 cm³/mol. The lowest BCUT2D eigenvalue weighted by Crippen LogP contribution is -2.31. The molecule has 2 aromatic rings. The van der Waals surface area contributed by atoms with Gasteiger partial charge in [0.2, 0.25) is 0 Å². The van der Waals surface area contributed by atoms with E-state index in [4.69, 9.17) is 0 Å². The SMILES string of the molecule is Cc1ccc(C(=O)N(CC/C=C/C=O)c2ccccc2)cc1C. The van der Waals surface area contributed by atoms with Crippen molar-refractivity contribution in [1.82, 2.24) is 0 Å². The number of hydrogen-bond donors (Lipinski definition) is 0. The van der Waals surface area contributed by atoms with E-state index in [0.717, 1.165) is 17.5 Å². The van der Waals surface area contributed by atoms with Crippen LogP contribution in [0.5, 0.6) is 0 Å². The molecule has 0 atom stereocenters. The summed E-state index contributed by atoms with van der Waals surface area (Å²) in [5.74, 6) is -0.0289. The third-order valence-corrected chi connectivity index (χ3v) is 3.80. The summed E-state index contributed by atoms with van der Waals surface area (Å²) in [4.78, 5) is 25.0. The number of carbonyl (C=O) groups excluding carboxylic acids is 2. The van der Waals surface area contributed by atoms with Crippen molar-refractivity contribution >= 4 is 17.9 Å². The summed E-state index contributed by atoms with van der Waals surface area (Å²) in [6.07, 6.45) is 4.61. The van der Waals surface area contributed by atoms with Crippen LogP contribution in [0.4, 0.5) is 5.69 Å².